The van der Waals surface area contributed by atoms with E-state index in [1.807, 2.05) is 30.3 Å². The summed E-state index contributed by atoms with van der Waals surface area (Å²) in [4.78, 5) is 0. The molecule has 2 aromatic heterocycles. The van der Waals surface area contributed by atoms with E-state index in [-0.39, 0.29) is 0 Å². The molecular weight excluding hydrogens is 585 g/mol. The van der Waals surface area contributed by atoms with Crippen molar-refractivity contribution in [3.05, 3.63) is 169 Å². The van der Waals surface area contributed by atoms with Crippen molar-refractivity contribution < 1.29 is 0 Å². The summed E-state index contributed by atoms with van der Waals surface area (Å²) < 4.78 is 4.54. The van der Waals surface area contributed by atoms with Gasteiger partial charge in [-0.05, 0) is 77.4 Å². The maximum atomic E-state index is 9.83. The van der Waals surface area contributed by atoms with E-state index in [9.17, 15) is 10.5 Å². The monoisotopic (exact) mass is 610 g/mol. The molecule has 4 heteroatoms. The van der Waals surface area contributed by atoms with Gasteiger partial charge in [0.05, 0.1) is 51.0 Å². The van der Waals surface area contributed by atoms with Crippen LogP contribution in [0, 0.1) is 22.7 Å². The Kier molecular flexibility index (Phi) is 6.22. The molecule has 0 fully saturated rings. The number of aromatic nitrogens is 2. The van der Waals surface area contributed by atoms with E-state index in [0.717, 1.165) is 66.5 Å². The summed E-state index contributed by atoms with van der Waals surface area (Å²) in [5.74, 6) is 0. The van der Waals surface area contributed by atoms with Crippen molar-refractivity contribution in [1.29, 1.82) is 10.5 Å². The molecular formula is C44H26N4. The van der Waals surface area contributed by atoms with Crippen molar-refractivity contribution in [2.75, 3.05) is 0 Å². The van der Waals surface area contributed by atoms with Crippen LogP contribution < -0.4 is 0 Å². The van der Waals surface area contributed by atoms with Gasteiger partial charge in [0.25, 0.3) is 0 Å². The molecule has 0 amide bonds. The van der Waals surface area contributed by atoms with Crippen LogP contribution in [0.15, 0.2) is 158 Å². The van der Waals surface area contributed by atoms with Crippen LogP contribution in [0.3, 0.4) is 0 Å². The molecule has 0 aliphatic rings. The molecule has 0 aliphatic heterocycles. The topological polar surface area (TPSA) is 57.4 Å². The van der Waals surface area contributed by atoms with E-state index in [4.69, 9.17) is 0 Å². The predicted molar refractivity (Wildman–Crippen MR) is 195 cm³/mol. The minimum absolute atomic E-state index is 0.626. The Hall–Kier alpha value is -6.88. The average Bonchev–Trinajstić information content (AvgIpc) is 3.67. The van der Waals surface area contributed by atoms with Gasteiger partial charge in [0.15, 0.2) is 0 Å². The SMILES string of the molecule is N#Cc1ccc(-n2c3ccccc3c3ccccc32)c(-c2ccc(-c3ccc(-n4c5ccccc5c5ccc(C#N)cc54)cc3)cc2)c1. The number of fused-ring (bicyclic) bond motifs is 6. The van der Waals surface area contributed by atoms with Crippen molar-refractivity contribution in [3.8, 4) is 45.8 Å². The first-order valence-electron chi connectivity index (χ1n) is 15.9. The summed E-state index contributed by atoms with van der Waals surface area (Å²) >= 11 is 0. The van der Waals surface area contributed by atoms with Crippen LogP contribution in [-0.2, 0) is 0 Å². The normalized spacial score (nSPS) is 11.3. The van der Waals surface area contributed by atoms with Crippen LogP contribution in [0.25, 0.3) is 77.2 Å². The van der Waals surface area contributed by atoms with E-state index in [1.54, 1.807) is 0 Å². The summed E-state index contributed by atoms with van der Waals surface area (Å²) in [7, 11) is 0. The van der Waals surface area contributed by atoms with Gasteiger partial charge in [-0.1, -0.05) is 97.1 Å². The largest absolute Gasteiger partial charge is 0.309 e. The first-order valence-corrected chi connectivity index (χ1v) is 15.9. The highest BCUT2D eigenvalue weighted by Crippen LogP contribution is 2.38. The van der Waals surface area contributed by atoms with E-state index in [2.05, 4.69) is 149 Å². The third kappa shape index (κ3) is 4.22. The molecule has 0 aliphatic carbocycles. The molecule has 0 unspecified atom stereocenters. The fourth-order valence-corrected chi connectivity index (χ4v) is 7.18. The highest BCUT2D eigenvalue weighted by molar-refractivity contribution is 6.10. The Morgan fingerprint density at radius 1 is 0.375 bits per heavy atom. The van der Waals surface area contributed by atoms with E-state index in [0.29, 0.717) is 11.1 Å². The number of nitrogens with zero attached hydrogens (tertiary/aromatic N) is 4. The molecule has 0 saturated heterocycles. The van der Waals surface area contributed by atoms with Crippen molar-refractivity contribution in [1.82, 2.24) is 9.13 Å². The molecule has 0 radical (unpaired) electrons. The summed E-state index contributed by atoms with van der Waals surface area (Å²) in [5.41, 5.74) is 12.0. The standard InChI is InChI=1S/C44H26N4/c45-27-29-14-24-43(48-41-11-5-2-7-35(41)36-8-3-6-12-42(36)48)39(25-29)33-17-15-31(16-18-33)32-19-21-34(22-20-32)47-40-10-4-1-9-37(40)38-23-13-30(28-46)26-44(38)47/h1-26H. The third-order valence-corrected chi connectivity index (χ3v) is 9.40. The number of para-hydroxylation sites is 3. The lowest BCUT2D eigenvalue weighted by Gasteiger charge is -2.15. The maximum Gasteiger partial charge on any atom is 0.0992 e. The molecule has 9 rings (SSSR count). The summed E-state index contributed by atoms with van der Waals surface area (Å²) in [6.07, 6.45) is 0. The molecule has 48 heavy (non-hydrogen) atoms. The van der Waals surface area contributed by atoms with Gasteiger partial charge >= 0.3 is 0 Å². The molecule has 7 aromatic carbocycles. The lowest BCUT2D eigenvalue weighted by molar-refractivity contribution is 1.18. The Balaban J connectivity index is 1.12. The number of benzene rings is 7. The predicted octanol–water partition coefficient (Wildman–Crippen LogP) is 11.0. The van der Waals surface area contributed by atoms with Crippen LogP contribution in [0.1, 0.15) is 11.1 Å². The average molecular weight is 611 g/mol. The molecule has 0 saturated carbocycles. The molecule has 9 aromatic rings. The second kappa shape index (κ2) is 10.9. The first kappa shape index (κ1) is 27.4. The smallest absolute Gasteiger partial charge is 0.0992 e. The Labute approximate surface area is 277 Å². The summed E-state index contributed by atoms with van der Waals surface area (Å²) in [6.45, 7) is 0. The van der Waals surface area contributed by atoms with Crippen molar-refractivity contribution >= 4 is 43.6 Å². The summed E-state index contributed by atoms with van der Waals surface area (Å²) in [5, 5.41) is 24.1. The molecule has 2 heterocycles. The van der Waals surface area contributed by atoms with Gasteiger partial charge in [0, 0.05) is 32.8 Å². The van der Waals surface area contributed by atoms with Gasteiger partial charge in [-0.25, -0.2) is 0 Å². The quantitative estimate of drug-likeness (QED) is 0.199. The van der Waals surface area contributed by atoms with Crippen LogP contribution in [0.5, 0.6) is 0 Å². The van der Waals surface area contributed by atoms with Crippen LogP contribution in [-0.4, -0.2) is 9.13 Å². The molecule has 0 bridgehead atoms. The minimum Gasteiger partial charge on any atom is -0.309 e. The lowest BCUT2D eigenvalue weighted by Crippen LogP contribution is -1.98. The van der Waals surface area contributed by atoms with E-state index >= 15 is 0 Å². The van der Waals surface area contributed by atoms with Gasteiger partial charge in [-0.15, -0.1) is 0 Å². The Bertz CT molecular complexity index is 2730. The number of nitriles is 2. The van der Waals surface area contributed by atoms with E-state index < -0.39 is 0 Å². The molecule has 222 valence electrons. The van der Waals surface area contributed by atoms with Gasteiger partial charge in [-0.3, -0.25) is 0 Å². The van der Waals surface area contributed by atoms with Crippen LogP contribution in [0.4, 0.5) is 0 Å². The number of hydrogen-bond acceptors (Lipinski definition) is 2. The zero-order valence-electron chi connectivity index (χ0n) is 25.8. The summed E-state index contributed by atoms with van der Waals surface area (Å²) in [6, 6.07) is 59.0. The van der Waals surface area contributed by atoms with Crippen molar-refractivity contribution in [2.45, 2.75) is 0 Å². The van der Waals surface area contributed by atoms with Crippen molar-refractivity contribution in [2.24, 2.45) is 0 Å². The van der Waals surface area contributed by atoms with Gasteiger partial charge < -0.3 is 9.13 Å². The second-order valence-electron chi connectivity index (χ2n) is 12.0. The molecule has 0 spiro atoms. The van der Waals surface area contributed by atoms with Gasteiger partial charge in [0.2, 0.25) is 0 Å². The first-order chi connectivity index (χ1) is 23.7. The lowest BCUT2D eigenvalue weighted by atomic mass is 9.97. The van der Waals surface area contributed by atoms with Gasteiger partial charge in [-0.2, -0.15) is 10.5 Å². The Morgan fingerprint density at radius 3 is 1.42 bits per heavy atom. The fraction of sp³-hybridized carbons (Fsp3) is 0. The van der Waals surface area contributed by atoms with Crippen molar-refractivity contribution in [3.63, 3.8) is 0 Å². The highest BCUT2D eigenvalue weighted by atomic mass is 15.0. The number of rotatable bonds is 4. The van der Waals surface area contributed by atoms with Gasteiger partial charge in [0.1, 0.15) is 0 Å². The zero-order chi connectivity index (χ0) is 32.2. The molecule has 0 atom stereocenters. The molecule has 4 nitrogen and oxygen atoms in total. The highest BCUT2D eigenvalue weighted by Gasteiger charge is 2.17. The molecule has 0 N–H and O–H groups in total. The van der Waals surface area contributed by atoms with Crippen LogP contribution >= 0.6 is 0 Å². The fourth-order valence-electron chi connectivity index (χ4n) is 7.18. The maximum absolute atomic E-state index is 9.83. The minimum atomic E-state index is 0.626. The zero-order valence-corrected chi connectivity index (χ0v) is 25.8. The second-order valence-corrected chi connectivity index (χ2v) is 12.0. The van der Waals surface area contributed by atoms with E-state index in [1.165, 1.54) is 10.8 Å². The third-order valence-electron chi connectivity index (χ3n) is 9.40. The number of hydrogen-bond donors (Lipinski definition) is 0. The Morgan fingerprint density at radius 2 is 0.833 bits per heavy atom. The van der Waals surface area contributed by atoms with Crippen LogP contribution in [0.2, 0.25) is 0 Å².